The van der Waals surface area contributed by atoms with E-state index in [1.54, 1.807) is 0 Å². The van der Waals surface area contributed by atoms with E-state index in [4.69, 9.17) is 0 Å². The van der Waals surface area contributed by atoms with Gasteiger partial charge in [-0.05, 0) is 53.9 Å². The summed E-state index contributed by atoms with van der Waals surface area (Å²) in [6.45, 7) is 5.45. The second-order valence-corrected chi connectivity index (χ2v) is 8.07. The minimum Gasteiger partial charge on any atom is -0.352 e. The van der Waals surface area contributed by atoms with Crippen molar-refractivity contribution in [1.82, 2.24) is 10.6 Å². The lowest BCUT2D eigenvalue weighted by Gasteiger charge is -2.15. The molecule has 2 N–H and O–H groups in total. The highest BCUT2D eigenvalue weighted by Crippen LogP contribution is 2.29. The molecule has 2 amide bonds. The largest absolute Gasteiger partial charge is 0.352 e. The van der Waals surface area contributed by atoms with Crippen molar-refractivity contribution in [2.45, 2.75) is 46.1 Å². The molecule has 0 heterocycles. The average Bonchev–Trinajstić information content (AvgIpc) is 3.53. The van der Waals surface area contributed by atoms with Crippen LogP contribution in [0.4, 0.5) is 0 Å². The fourth-order valence-corrected chi connectivity index (χ4v) is 3.21. The van der Waals surface area contributed by atoms with Gasteiger partial charge in [0.15, 0.2) is 0 Å². The normalized spacial score (nSPS) is 13.4. The van der Waals surface area contributed by atoms with Gasteiger partial charge in [-0.2, -0.15) is 0 Å². The average molecular weight is 379 g/mol. The molecule has 0 bridgehead atoms. The summed E-state index contributed by atoms with van der Waals surface area (Å²) in [5, 5.41) is 6.08. The molecule has 4 nitrogen and oxygen atoms in total. The molecule has 1 aliphatic rings. The van der Waals surface area contributed by atoms with Crippen molar-refractivity contribution in [3.05, 3.63) is 59.7 Å². The molecule has 1 saturated carbocycles. The molecule has 0 radical (unpaired) electrons. The summed E-state index contributed by atoms with van der Waals surface area (Å²) in [7, 11) is 0. The van der Waals surface area contributed by atoms with Crippen LogP contribution in [0.15, 0.2) is 48.5 Å². The Kier molecular flexibility index (Phi) is 6.85. The lowest BCUT2D eigenvalue weighted by atomic mass is 9.95. The zero-order valence-electron chi connectivity index (χ0n) is 16.8. The molecule has 0 spiro atoms. The molecule has 4 heteroatoms. The van der Waals surface area contributed by atoms with Crippen LogP contribution in [-0.4, -0.2) is 18.4 Å². The molecular weight excluding hydrogens is 348 g/mol. The zero-order valence-corrected chi connectivity index (χ0v) is 16.8. The standard InChI is InChI=1S/C24H30N2O2/c1-17(2)11-14-23(27)25-16-19-7-3-4-8-20(19)21-9-5-6-10-22(21)24(28)26-15-18-12-13-18/h3-10,17-18H,11-16H2,1-2H3,(H,25,27)(H,26,28). The van der Waals surface area contributed by atoms with Crippen LogP contribution in [0.25, 0.3) is 11.1 Å². The summed E-state index contributed by atoms with van der Waals surface area (Å²) in [5.41, 5.74) is 3.59. The Bertz CT molecular complexity index is 825. The van der Waals surface area contributed by atoms with Crippen LogP contribution in [0, 0.1) is 11.8 Å². The molecule has 2 aromatic carbocycles. The number of rotatable bonds is 9. The van der Waals surface area contributed by atoms with Gasteiger partial charge in [0.2, 0.25) is 5.91 Å². The van der Waals surface area contributed by atoms with Gasteiger partial charge in [0.25, 0.3) is 5.91 Å². The van der Waals surface area contributed by atoms with Gasteiger partial charge in [0.1, 0.15) is 0 Å². The number of carbonyl (C=O) groups is 2. The van der Waals surface area contributed by atoms with E-state index in [-0.39, 0.29) is 11.8 Å². The first kappa shape index (κ1) is 20.1. The molecule has 28 heavy (non-hydrogen) atoms. The summed E-state index contributed by atoms with van der Waals surface area (Å²) < 4.78 is 0. The summed E-state index contributed by atoms with van der Waals surface area (Å²) in [5.74, 6) is 1.20. The van der Waals surface area contributed by atoms with Gasteiger partial charge >= 0.3 is 0 Å². The molecule has 3 rings (SSSR count). The lowest BCUT2D eigenvalue weighted by molar-refractivity contribution is -0.121. The first-order valence-electron chi connectivity index (χ1n) is 10.3. The molecule has 2 aromatic rings. The summed E-state index contributed by atoms with van der Waals surface area (Å²) >= 11 is 0. The van der Waals surface area contributed by atoms with Crippen LogP contribution in [-0.2, 0) is 11.3 Å². The van der Waals surface area contributed by atoms with Gasteiger partial charge in [-0.15, -0.1) is 0 Å². The van der Waals surface area contributed by atoms with Crippen molar-refractivity contribution < 1.29 is 9.59 Å². The second kappa shape index (κ2) is 9.54. The number of carbonyl (C=O) groups excluding carboxylic acids is 2. The van der Waals surface area contributed by atoms with E-state index in [9.17, 15) is 9.59 Å². The Morgan fingerprint density at radius 1 is 0.964 bits per heavy atom. The summed E-state index contributed by atoms with van der Waals surface area (Å²) in [4.78, 5) is 24.8. The van der Waals surface area contributed by atoms with Crippen LogP contribution < -0.4 is 10.6 Å². The number of hydrogen-bond acceptors (Lipinski definition) is 2. The number of nitrogens with one attached hydrogen (secondary N) is 2. The van der Waals surface area contributed by atoms with Gasteiger partial charge in [0, 0.05) is 25.1 Å². The number of amides is 2. The van der Waals surface area contributed by atoms with Crippen LogP contribution >= 0.6 is 0 Å². The van der Waals surface area contributed by atoms with Crippen LogP contribution in [0.1, 0.15) is 55.5 Å². The summed E-state index contributed by atoms with van der Waals surface area (Å²) in [6.07, 6.45) is 3.85. The molecule has 0 aromatic heterocycles. The SMILES string of the molecule is CC(C)CCC(=O)NCc1ccccc1-c1ccccc1C(=O)NCC1CC1. The third-order valence-corrected chi connectivity index (χ3v) is 5.15. The van der Waals surface area contributed by atoms with Crippen molar-refractivity contribution in [2.24, 2.45) is 11.8 Å². The van der Waals surface area contributed by atoms with E-state index >= 15 is 0 Å². The van der Waals surface area contributed by atoms with Crippen molar-refractivity contribution in [3.8, 4) is 11.1 Å². The van der Waals surface area contributed by atoms with Gasteiger partial charge < -0.3 is 10.6 Å². The molecule has 148 valence electrons. The Hall–Kier alpha value is -2.62. The monoisotopic (exact) mass is 378 g/mol. The molecule has 0 unspecified atom stereocenters. The first-order chi connectivity index (χ1) is 13.5. The van der Waals surface area contributed by atoms with Crippen molar-refractivity contribution in [1.29, 1.82) is 0 Å². The Balaban J connectivity index is 1.75. The van der Waals surface area contributed by atoms with E-state index < -0.39 is 0 Å². The van der Waals surface area contributed by atoms with Crippen molar-refractivity contribution in [3.63, 3.8) is 0 Å². The molecule has 0 saturated heterocycles. The predicted molar refractivity (Wildman–Crippen MR) is 113 cm³/mol. The van der Waals surface area contributed by atoms with Gasteiger partial charge in [0.05, 0.1) is 0 Å². The van der Waals surface area contributed by atoms with Crippen LogP contribution in [0.2, 0.25) is 0 Å². The molecule has 0 aliphatic heterocycles. The van der Waals surface area contributed by atoms with E-state index in [0.717, 1.165) is 29.7 Å². The fourth-order valence-electron chi connectivity index (χ4n) is 3.21. The van der Waals surface area contributed by atoms with Crippen LogP contribution in [0.3, 0.4) is 0 Å². The minimum absolute atomic E-state index is 0.0294. The summed E-state index contributed by atoms with van der Waals surface area (Å²) in [6, 6.07) is 15.7. The van der Waals surface area contributed by atoms with E-state index in [0.29, 0.717) is 30.4 Å². The quantitative estimate of drug-likeness (QED) is 0.673. The van der Waals surface area contributed by atoms with E-state index in [2.05, 4.69) is 24.5 Å². The highest BCUT2D eigenvalue weighted by atomic mass is 16.2. The second-order valence-electron chi connectivity index (χ2n) is 8.07. The molecule has 1 fully saturated rings. The number of hydrogen-bond donors (Lipinski definition) is 2. The van der Waals surface area contributed by atoms with E-state index in [1.165, 1.54) is 12.8 Å². The first-order valence-corrected chi connectivity index (χ1v) is 10.3. The predicted octanol–water partition coefficient (Wildman–Crippen LogP) is 4.55. The molecule has 0 atom stereocenters. The minimum atomic E-state index is -0.0294. The highest BCUT2D eigenvalue weighted by molar-refractivity contribution is 6.01. The van der Waals surface area contributed by atoms with E-state index in [1.807, 2.05) is 48.5 Å². The van der Waals surface area contributed by atoms with Crippen molar-refractivity contribution >= 4 is 11.8 Å². The lowest BCUT2D eigenvalue weighted by Crippen LogP contribution is -2.26. The Labute approximate surface area is 167 Å². The molecular formula is C24H30N2O2. The highest BCUT2D eigenvalue weighted by Gasteiger charge is 2.22. The Morgan fingerprint density at radius 2 is 1.64 bits per heavy atom. The van der Waals surface area contributed by atoms with Gasteiger partial charge in [-0.1, -0.05) is 56.3 Å². The zero-order chi connectivity index (χ0) is 19.9. The third-order valence-electron chi connectivity index (χ3n) is 5.15. The fraction of sp³-hybridized carbons (Fsp3) is 0.417. The maximum atomic E-state index is 12.7. The van der Waals surface area contributed by atoms with Gasteiger partial charge in [-0.3, -0.25) is 9.59 Å². The maximum absolute atomic E-state index is 12.7. The van der Waals surface area contributed by atoms with Gasteiger partial charge in [-0.25, -0.2) is 0 Å². The third kappa shape index (κ3) is 5.69. The maximum Gasteiger partial charge on any atom is 0.251 e. The number of benzene rings is 2. The molecule has 1 aliphatic carbocycles. The topological polar surface area (TPSA) is 58.2 Å². The Morgan fingerprint density at radius 3 is 2.36 bits per heavy atom. The van der Waals surface area contributed by atoms with Crippen LogP contribution in [0.5, 0.6) is 0 Å². The van der Waals surface area contributed by atoms with Crippen molar-refractivity contribution in [2.75, 3.05) is 6.54 Å². The smallest absolute Gasteiger partial charge is 0.251 e.